The molecule has 0 unspecified atom stereocenters. The number of rotatable bonds is 9. The Morgan fingerprint density at radius 2 is 1.79 bits per heavy atom. The molecule has 0 spiro atoms. The number of hydrogen-bond acceptors (Lipinski definition) is 8. The Bertz CT molecular complexity index is 1870. The highest BCUT2D eigenvalue weighted by Crippen LogP contribution is 2.32. The molecule has 0 saturated carbocycles. The van der Waals surface area contributed by atoms with Gasteiger partial charge in [-0.05, 0) is 73.9 Å². The van der Waals surface area contributed by atoms with Crippen molar-refractivity contribution in [2.24, 2.45) is 4.99 Å². The number of methoxy groups -OCH3 is 1. The highest BCUT2D eigenvalue weighted by molar-refractivity contribution is 7.07. The van der Waals surface area contributed by atoms with Crippen LogP contribution in [0.4, 0.5) is 5.69 Å². The third kappa shape index (κ3) is 6.12. The van der Waals surface area contributed by atoms with Gasteiger partial charge in [0.1, 0.15) is 18.1 Å². The molecular weight excluding hydrogens is 562 g/mol. The molecule has 8 nitrogen and oxygen atoms in total. The molecule has 0 saturated heterocycles. The number of nitrogens with zero attached hydrogens (tertiary/aromatic N) is 3. The molecule has 9 heteroatoms. The Morgan fingerprint density at radius 1 is 1.05 bits per heavy atom. The van der Waals surface area contributed by atoms with Crippen LogP contribution in [-0.4, -0.2) is 38.3 Å². The van der Waals surface area contributed by atoms with Gasteiger partial charge in [-0.1, -0.05) is 47.7 Å². The fraction of sp³-hybridized carbons (Fsp3) is 0.265. The molecule has 3 aromatic carbocycles. The highest BCUT2D eigenvalue weighted by Gasteiger charge is 2.33. The number of ether oxygens (including phenoxy) is 3. The molecule has 0 bridgehead atoms. The van der Waals surface area contributed by atoms with E-state index in [2.05, 4.69) is 4.99 Å². The zero-order valence-electron chi connectivity index (χ0n) is 25.2. The Labute approximate surface area is 254 Å². The van der Waals surface area contributed by atoms with Gasteiger partial charge >= 0.3 is 5.97 Å². The van der Waals surface area contributed by atoms with E-state index >= 15 is 0 Å². The van der Waals surface area contributed by atoms with E-state index in [1.54, 1.807) is 25.5 Å². The average Bonchev–Trinajstić information content (AvgIpc) is 3.30. The Hall–Kier alpha value is -4.63. The number of allylic oxidation sites excluding steroid dienone is 1. The van der Waals surface area contributed by atoms with Gasteiger partial charge in [-0.25, -0.2) is 9.79 Å². The van der Waals surface area contributed by atoms with Crippen molar-refractivity contribution < 1.29 is 19.0 Å². The van der Waals surface area contributed by atoms with Crippen molar-refractivity contribution in [2.75, 3.05) is 32.7 Å². The van der Waals surface area contributed by atoms with Crippen molar-refractivity contribution >= 4 is 29.1 Å². The second kappa shape index (κ2) is 12.7. The molecule has 0 fully saturated rings. The molecule has 5 rings (SSSR count). The van der Waals surface area contributed by atoms with Crippen LogP contribution in [0.1, 0.15) is 42.1 Å². The van der Waals surface area contributed by atoms with Crippen LogP contribution >= 0.6 is 11.3 Å². The van der Waals surface area contributed by atoms with Gasteiger partial charge in [0.2, 0.25) is 0 Å². The highest BCUT2D eigenvalue weighted by atomic mass is 32.1. The molecule has 0 aliphatic carbocycles. The molecule has 1 aromatic heterocycles. The SMILES string of the molecule is CCOC(=O)C1=C(C)N=c2sc(=Cc3ccc(OC)c(COc4ccccc4C)c3)c(=O)n2[C@@H]1c1ccc(N(C)C)cc1. The predicted octanol–water partition coefficient (Wildman–Crippen LogP) is 4.76. The number of fused-ring (bicyclic) bond motifs is 1. The summed E-state index contributed by atoms with van der Waals surface area (Å²) in [5.41, 5.74) is 5.20. The van der Waals surface area contributed by atoms with Crippen molar-refractivity contribution in [3.8, 4) is 11.5 Å². The van der Waals surface area contributed by atoms with Crippen LogP contribution in [0.25, 0.3) is 6.08 Å². The van der Waals surface area contributed by atoms with Crippen LogP contribution in [0, 0.1) is 6.92 Å². The van der Waals surface area contributed by atoms with E-state index < -0.39 is 12.0 Å². The smallest absolute Gasteiger partial charge is 0.338 e. The van der Waals surface area contributed by atoms with Gasteiger partial charge < -0.3 is 19.1 Å². The lowest BCUT2D eigenvalue weighted by molar-refractivity contribution is -0.139. The second-order valence-corrected chi connectivity index (χ2v) is 11.4. The first kappa shape index (κ1) is 29.8. The molecule has 222 valence electrons. The number of aromatic nitrogens is 1. The summed E-state index contributed by atoms with van der Waals surface area (Å²) < 4.78 is 19.2. The molecule has 4 aromatic rings. The van der Waals surface area contributed by atoms with Gasteiger partial charge in [0.15, 0.2) is 4.80 Å². The van der Waals surface area contributed by atoms with E-state index in [4.69, 9.17) is 14.2 Å². The van der Waals surface area contributed by atoms with Gasteiger partial charge in [0.25, 0.3) is 5.56 Å². The number of thiazole rings is 1. The number of benzene rings is 3. The van der Waals surface area contributed by atoms with E-state index in [1.807, 2.05) is 98.7 Å². The summed E-state index contributed by atoms with van der Waals surface area (Å²) >= 11 is 1.29. The topological polar surface area (TPSA) is 82.4 Å². The normalized spacial score (nSPS) is 14.7. The second-order valence-electron chi connectivity index (χ2n) is 10.4. The Kier molecular flexibility index (Phi) is 8.82. The van der Waals surface area contributed by atoms with Crippen LogP contribution in [-0.2, 0) is 16.1 Å². The van der Waals surface area contributed by atoms with Gasteiger partial charge in [-0.2, -0.15) is 0 Å². The van der Waals surface area contributed by atoms with Gasteiger partial charge in [0, 0.05) is 25.3 Å². The molecule has 2 heterocycles. The van der Waals surface area contributed by atoms with E-state index in [0.29, 0.717) is 33.0 Å². The van der Waals surface area contributed by atoms with Crippen LogP contribution in [0.15, 0.2) is 87.8 Å². The first-order valence-electron chi connectivity index (χ1n) is 14.0. The van der Waals surface area contributed by atoms with E-state index in [9.17, 15) is 9.59 Å². The summed E-state index contributed by atoms with van der Waals surface area (Å²) in [7, 11) is 5.55. The molecule has 0 N–H and O–H groups in total. The minimum Gasteiger partial charge on any atom is -0.496 e. The summed E-state index contributed by atoms with van der Waals surface area (Å²) in [6.07, 6.45) is 1.84. The number of carbonyl (C=O) groups excluding carboxylic acids is 1. The minimum atomic E-state index is -0.664. The number of carbonyl (C=O) groups is 1. The van der Waals surface area contributed by atoms with E-state index in [-0.39, 0.29) is 12.2 Å². The predicted molar refractivity (Wildman–Crippen MR) is 170 cm³/mol. The van der Waals surface area contributed by atoms with Crippen molar-refractivity contribution in [3.05, 3.63) is 120 Å². The number of aryl methyl sites for hydroxylation is 1. The number of para-hydroxylation sites is 1. The maximum Gasteiger partial charge on any atom is 0.338 e. The maximum absolute atomic E-state index is 14.0. The quantitative estimate of drug-likeness (QED) is 0.259. The van der Waals surface area contributed by atoms with Crippen molar-refractivity contribution in [1.29, 1.82) is 0 Å². The summed E-state index contributed by atoms with van der Waals surface area (Å²) in [5.74, 6) is 1.02. The largest absolute Gasteiger partial charge is 0.496 e. The van der Waals surface area contributed by atoms with Crippen LogP contribution in [0.5, 0.6) is 11.5 Å². The monoisotopic (exact) mass is 597 g/mol. The fourth-order valence-electron chi connectivity index (χ4n) is 5.09. The third-order valence-corrected chi connectivity index (χ3v) is 8.30. The summed E-state index contributed by atoms with van der Waals surface area (Å²) in [5, 5.41) is 0. The lowest BCUT2D eigenvalue weighted by atomic mass is 9.95. The molecule has 1 atom stereocenters. The van der Waals surface area contributed by atoms with Gasteiger partial charge in [-0.15, -0.1) is 0 Å². The third-order valence-electron chi connectivity index (χ3n) is 7.32. The van der Waals surface area contributed by atoms with E-state index in [1.165, 1.54) is 11.3 Å². The molecule has 1 aliphatic rings. The maximum atomic E-state index is 14.0. The molecule has 0 amide bonds. The summed E-state index contributed by atoms with van der Waals surface area (Å²) in [6.45, 7) is 6.08. The zero-order valence-corrected chi connectivity index (χ0v) is 26.0. The van der Waals surface area contributed by atoms with Crippen LogP contribution in [0.3, 0.4) is 0 Å². The number of esters is 1. The van der Waals surface area contributed by atoms with Crippen molar-refractivity contribution in [1.82, 2.24) is 4.57 Å². The van der Waals surface area contributed by atoms with Gasteiger partial charge in [0.05, 0.1) is 35.6 Å². The van der Waals surface area contributed by atoms with E-state index in [0.717, 1.165) is 33.7 Å². The lowest BCUT2D eigenvalue weighted by Crippen LogP contribution is -2.39. The average molecular weight is 598 g/mol. The number of anilines is 1. The van der Waals surface area contributed by atoms with Crippen molar-refractivity contribution in [3.63, 3.8) is 0 Å². The Morgan fingerprint density at radius 3 is 2.47 bits per heavy atom. The van der Waals surface area contributed by atoms with Gasteiger partial charge in [-0.3, -0.25) is 9.36 Å². The van der Waals surface area contributed by atoms with Crippen LogP contribution in [0.2, 0.25) is 0 Å². The molecular formula is C34H35N3O5S. The minimum absolute atomic E-state index is 0.222. The summed E-state index contributed by atoms with van der Waals surface area (Å²) in [6, 6.07) is 20.8. The number of hydrogen-bond donors (Lipinski definition) is 0. The van der Waals surface area contributed by atoms with Crippen LogP contribution < -0.4 is 29.3 Å². The summed E-state index contributed by atoms with van der Waals surface area (Å²) in [4.78, 5) is 34.4. The standard InChI is InChI=1S/C34H35N3O5S/c1-7-41-33(39)30-22(3)35-34-37(31(30)24-13-15-26(16-14-24)36(4)5)32(38)29(43-34)19-23-12-17-28(40-6)25(18-23)20-42-27-11-9-8-10-21(27)2/h8-19,31H,7,20H2,1-6H3/t31-/m1/s1. The first-order chi connectivity index (χ1) is 20.7. The Balaban J connectivity index is 1.58. The van der Waals surface area contributed by atoms with Crippen molar-refractivity contribution in [2.45, 2.75) is 33.4 Å². The zero-order chi connectivity index (χ0) is 30.7. The molecule has 0 radical (unpaired) electrons. The molecule has 1 aliphatic heterocycles. The molecule has 43 heavy (non-hydrogen) atoms. The lowest BCUT2D eigenvalue weighted by Gasteiger charge is -2.25. The first-order valence-corrected chi connectivity index (χ1v) is 14.9. The fourth-order valence-corrected chi connectivity index (χ4v) is 6.13.